The van der Waals surface area contributed by atoms with Gasteiger partial charge in [0.15, 0.2) is 11.5 Å². The molecule has 6 nitrogen and oxygen atoms in total. The molecule has 3 amide bonds. The van der Waals surface area contributed by atoms with Gasteiger partial charge in [-0.3, -0.25) is 9.69 Å². The summed E-state index contributed by atoms with van der Waals surface area (Å²) in [6, 6.07) is 5.27. The van der Waals surface area contributed by atoms with E-state index in [2.05, 4.69) is 5.32 Å². The first-order chi connectivity index (χ1) is 11.5. The van der Waals surface area contributed by atoms with Gasteiger partial charge in [-0.05, 0) is 44.9 Å². The molecule has 1 heterocycles. The maximum Gasteiger partial charge on any atom is 0.324 e. The van der Waals surface area contributed by atoms with Crippen molar-refractivity contribution in [2.75, 3.05) is 19.8 Å². The molecule has 6 heteroatoms. The lowest BCUT2D eigenvalue weighted by atomic mass is 9.99. The van der Waals surface area contributed by atoms with Crippen LogP contribution in [0.1, 0.15) is 33.3 Å². The number of ether oxygens (including phenoxy) is 2. The summed E-state index contributed by atoms with van der Waals surface area (Å²) < 4.78 is 11.2. The largest absolute Gasteiger partial charge is 0.490 e. The summed E-state index contributed by atoms with van der Waals surface area (Å²) in [5.74, 6) is 1.06. The van der Waals surface area contributed by atoms with Gasteiger partial charge in [0.25, 0.3) is 0 Å². The zero-order valence-corrected chi connectivity index (χ0v) is 14.8. The summed E-state index contributed by atoms with van der Waals surface area (Å²) in [5.41, 5.74) is 0.994. The fraction of sp³-hybridized carbons (Fsp3) is 0.556. The molecule has 0 bridgehead atoms. The van der Waals surface area contributed by atoms with Gasteiger partial charge < -0.3 is 14.8 Å². The first kappa shape index (κ1) is 18.1. The minimum atomic E-state index is -0.318. The molecule has 2 rings (SSSR count). The molecule has 24 heavy (non-hydrogen) atoms. The van der Waals surface area contributed by atoms with E-state index in [-0.39, 0.29) is 23.9 Å². The van der Waals surface area contributed by atoms with Crippen LogP contribution in [0.5, 0.6) is 11.5 Å². The first-order valence-corrected chi connectivity index (χ1v) is 8.48. The molecule has 0 spiro atoms. The molecule has 0 aliphatic carbocycles. The van der Waals surface area contributed by atoms with E-state index in [1.807, 2.05) is 45.9 Å². The lowest BCUT2D eigenvalue weighted by molar-refractivity contribution is -0.134. The van der Waals surface area contributed by atoms with Crippen molar-refractivity contribution in [3.05, 3.63) is 23.8 Å². The van der Waals surface area contributed by atoms with Gasteiger partial charge in [0.2, 0.25) is 5.91 Å². The summed E-state index contributed by atoms with van der Waals surface area (Å²) in [4.78, 5) is 25.6. The van der Waals surface area contributed by atoms with Crippen LogP contribution in [-0.4, -0.2) is 42.6 Å². The Morgan fingerprint density at radius 2 is 1.75 bits per heavy atom. The maximum absolute atomic E-state index is 12.3. The van der Waals surface area contributed by atoms with Gasteiger partial charge in [-0.2, -0.15) is 0 Å². The second kappa shape index (κ2) is 8.04. The number of hydrogen-bond acceptors (Lipinski definition) is 4. The normalized spacial score (nSPS) is 20.8. The first-order valence-electron chi connectivity index (χ1n) is 8.48. The van der Waals surface area contributed by atoms with E-state index in [0.717, 1.165) is 5.56 Å². The zero-order chi connectivity index (χ0) is 17.7. The minimum Gasteiger partial charge on any atom is -0.490 e. The van der Waals surface area contributed by atoms with Crippen LogP contribution < -0.4 is 14.8 Å². The van der Waals surface area contributed by atoms with Crippen LogP contribution in [0.3, 0.4) is 0 Å². The molecule has 1 aromatic rings. The van der Waals surface area contributed by atoms with E-state index in [9.17, 15) is 9.59 Å². The second-order valence-corrected chi connectivity index (χ2v) is 5.91. The third kappa shape index (κ3) is 3.99. The minimum absolute atomic E-state index is 0.123. The smallest absolute Gasteiger partial charge is 0.324 e. The van der Waals surface area contributed by atoms with Crippen molar-refractivity contribution in [2.24, 2.45) is 5.92 Å². The van der Waals surface area contributed by atoms with Crippen molar-refractivity contribution in [1.82, 2.24) is 10.2 Å². The van der Waals surface area contributed by atoms with Gasteiger partial charge in [-0.15, -0.1) is 0 Å². The third-order valence-corrected chi connectivity index (χ3v) is 4.23. The number of rotatable bonds is 7. The second-order valence-electron chi connectivity index (χ2n) is 5.91. The average molecular weight is 334 g/mol. The van der Waals surface area contributed by atoms with E-state index in [4.69, 9.17) is 9.47 Å². The van der Waals surface area contributed by atoms with Gasteiger partial charge in [0, 0.05) is 12.6 Å². The van der Waals surface area contributed by atoms with E-state index < -0.39 is 0 Å². The SMILES string of the molecule is CCOc1ccc(CCN2C(=O)NC(C)C(C)C2=O)cc1OCC. The molecule has 0 aromatic heterocycles. The molecule has 1 saturated heterocycles. The molecule has 2 unspecified atom stereocenters. The Morgan fingerprint density at radius 3 is 2.42 bits per heavy atom. The molecular formula is C18H26N2O4. The Morgan fingerprint density at radius 1 is 1.08 bits per heavy atom. The number of benzene rings is 1. The Kier molecular flexibility index (Phi) is 6.06. The van der Waals surface area contributed by atoms with Crippen LogP contribution in [-0.2, 0) is 11.2 Å². The van der Waals surface area contributed by atoms with Crippen LogP contribution in [0.2, 0.25) is 0 Å². The van der Waals surface area contributed by atoms with Gasteiger partial charge in [0.05, 0.1) is 19.1 Å². The lowest BCUT2D eigenvalue weighted by Gasteiger charge is -2.34. The van der Waals surface area contributed by atoms with Gasteiger partial charge >= 0.3 is 6.03 Å². The number of amides is 3. The molecule has 1 aliphatic rings. The molecule has 1 N–H and O–H groups in total. The quantitative estimate of drug-likeness (QED) is 0.832. The number of nitrogens with one attached hydrogen (secondary N) is 1. The van der Waals surface area contributed by atoms with Gasteiger partial charge in [0.1, 0.15) is 0 Å². The lowest BCUT2D eigenvalue weighted by Crippen LogP contribution is -2.58. The van der Waals surface area contributed by atoms with Crippen molar-refractivity contribution >= 4 is 11.9 Å². The Bertz CT molecular complexity index is 603. The molecule has 0 radical (unpaired) electrons. The summed E-state index contributed by atoms with van der Waals surface area (Å²) in [6.07, 6.45) is 0.576. The predicted molar refractivity (Wildman–Crippen MR) is 91.4 cm³/mol. The van der Waals surface area contributed by atoms with Crippen molar-refractivity contribution in [1.29, 1.82) is 0 Å². The van der Waals surface area contributed by atoms with Crippen LogP contribution in [0.25, 0.3) is 0 Å². The highest BCUT2D eigenvalue weighted by atomic mass is 16.5. The van der Waals surface area contributed by atoms with E-state index in [1.54, 1.807) is 0 Å². The van der Waals surface area contributed by atoms with E-state index in [1.165, 1.54) is 4.90 Å². The predicted octanol–water partition coefficient (Wildman–Crippen LogP) is 2.60. The molecule has 1 aromatic carbocycles. The fourth-order valence-corrected chi connectivity index (χ4v) is 2.66. The highest BCUT2D eigenvalue weighted by molar-refractivity contribution is 5.98. The van der Waals surface area contributed by atoms with Crippen molar-refractivity contribution in [3.8, 4) is 11.5 Å². The monoisotopic (exact) mass is 334 g/mol. The number of hydrogen-bond donors (Lipinski definition) is 1. The third-order valence-electron chi connectivity index (χ3n) is 4.23. The van der Waals surface area contributed by atoms with Crippen molar-refractivity contribution in [3.63, 3.8) is 0 Å². The van der Waals surface area contributed by atoms with Gasteiger partial charge in [-0.1, -0.05) is 13.0 Å². The molecule has 0 saturated carbocycles. The Hall–Kier alpha value is -2.24. The van der Waals surface area contributed by atoms with Crippen molar-refractivity contribution < 1.29 is 19.1 Å². The fourth-order valence-electron chi connectivity index (χ4n) is 2.66. The Labute approximate surface area is 143 Å². The summed E-state index contributed by atoms with van der Waals surface area (Å²) in [7, 11) is 0. The highest BCUT2D eigenvalue weighted by Crippen LogP contribution is 2.29. The Balaban J connectivity index is 2.07. The summed E-state index contributed by atoms with van der Waals surface area (Å²) in [5, 5.41) is 2.82. The number of carbonyl (C=O) groups is 2. The van der Waals surface area contributed by atoms with Crippen LogP contribution in [0, 0.1) is 5.92 Å². The average Bonchev–Trinajstić information content (AvgIpc) is 2.55. The molecule has 1 aliphatic heterocycles. The topological polar surface area (TPSA) is 67.9 Å². The number of urea groups is 1. The summed E-state index contributed by atoms with van der Waals surface area (Å²) in [6.45, 7) is 8.99. The maximum atomic E-state index is 12.3. The number of nitrogens with zero attached hydrogens (tertiary/aromatic N) is 1. The van der Waals surface area contributed by atoms with E-state index in [0.29, 0.717) is 37.7 Å². The molecule has 132 valence electrons. The standard InChI is InChI=1S/C18H26N2O4/c1-5-23-15-8-7-14(11-16(15)24-6-2)9-10-20-17(21)12(3)13(4)19-18(20)22/h7-8,11-13H,5-6,9-10H2,1-4H3,(H,19,22). The number of imide groups is 1. The van der Waals surface area contributed by atoms with Crippen LogP contribution in [0.15, 0.2) is 18.2 Å². The number of carbonyl (C=O) groups excluding carboxylic acids is 2. The van der Waals surface area contributed by atoms with Crippen LogP contribution >= 0.6 is 0 Å². The molecule has 1 fully saturated rings. The van der Waals surface area contributed by atoms with E-state index >= 15 is 0 Å². The van der Waals surface area contributed by atoms with Gasteiger partial charge in [-0.25, -0.2) is 4.79 Å². The highest BCUT2D eigenvalue weighted by Gasteiger charge is 2.35. The molecular weight excluding hydrogens is 308 g/mol. The summed E-state index contributed by atoms with van der Waals surface area (Å²) >= 11 is 0. The van der Waals surface area contributed by atoms with Crippen molar-refractivity contribution in [2.45, 2.75) is 40.2 Å². The molecule has 2 atom stereocenters. The van der Waals surface area contributed by atoms with Crippen LogP contribution in [0.4, 0.5) is 4.79 Å². The zero-order valence-electron chi connectivity index (χ0n) is 14.8.